The van der Waals surface area contributed by atoms with Gasteiger partial charge in [-0.1, -0.05) is 17.7 Å². The van der Waals surface area contributed by atoms with Crippen molar-refractivity contribution in [2.45, 2.75) is 19.9 Å². The van der Waals surface area contributed by atoms with Crippen molar-refractivity contribution in [1.82, 2.24) is 9.78 Å². The summed E-state index contributed by atoms with van der Waals surface area (Å²) < 4.78 is 7.45. The second-order valence-corrected chi connectivity index (χ2v) is 4.55. The molecule has 4 nitrogen and oxygen atoms in total. The molecule has 1 aromatic carbocycles. The summed E-state index contributed by atoms with van der Waals surface area (Å²) in [5.41, 5.74) is 1.57. The molecule has 0 saturated carbocycles. The van der Waals surface area contributed by atoms with Crippen molar-refractivity contribution in [3.05, 3.63) is 46.7 Å². The second-order valence-electron chi connectivity index (χ2n) is 4.14. The molecule has 98 valence electrons. The van der Waals surface area contributed by atoms with Crippen LogP contribution in [-0.2, 0) is 6.54 Å². The lowest BCUT2D eigenvalue weighted by Crippen LogP contribution is -2.07. The number of aryl methyl sites for hydroxylation is 1. The van der Waals surface area contributed by atoms with Crippen LogP contribution in [0.5, 0.6) is 5.75 Å². The fraction of sp³-hybridized carbons (Fsp3) is 0.286. The maximum Gasteiger partial charge on any atom is 0.120 e. The maximum absolute atomic E-state index is 8.79. The predicted molar refractivity (Wildman–Crippen MR) is 73.2 cm³/mol. The Labute approximate surface area is 117 Å². The molecule has 0 fully saturated rings. The van der Waals surface area contributed by atoms with E-state index < -0.39 is 0 Å². The maximum atomic E-state index is 8.79. The minimum Gasteiger partial charge on any atom is -0.493 e. The zero-order valence-corrected chi connectivity index (χ0v) is 11.4. The van der Waals surface area contributed by atoms with E-state index in [9.17, 15) is 0 Å². The molecule has 0 radical (unpaired) electrons. The van der Waals surface area contributed by atoms with Crippen LogP contribution >= 0.6 is 11.6 Å². The topological polar surface area (TPSA) is 50.8 Å². The number of hydrogen-bond donors (Lipinski definition) is 0. The van der Waals surface area contributed by atoms with Gasteiger partial charge in [-0.05, 0) is 25.1 Å². The quantitative estimate of drug-likeness (QED) is 0.788. The van der Waals surface area contributed by atoms with Gasteiger partial charge in [-0.2, -0.15) is 10.4 Å². The van der Waals surface area contributed by atoms with Crippen molar-refractivity contribution in [1.29, 1.82) is 5.26 Å². The van der Waals surface area contributed by atoms with Gasteiger partial charge in [0.15, 0.2) is 0 Å². The first-order valence-electron chi connectivity index (χ1n) is 6.01. The molecule has 1 heterocycles. The SMILES string of the molecule is Cc1c(Cl)cnn1CCCOc1cccc(C#N)c1. The molecule has 5 heteroatoms. The first-order chi connectivity index (χ1) is 9.20. The van der Waals surface area contributed by atoms with E-state index in [1.807, 2.05) is 23.7 Å². The summed E-state index contributed by atoms with van der Waals surface area (Å²) in [6.45, 7) is 3.27. The highest BCUT2D eigenvalue weighted by atomic mass is 35.5. The Hall–Kier alpha value is -1.99. The summed E-state index contributed by atoms with van der Waals surface area (Å²) in [6, 6.07) is 9.22. The highest BCUT2D eigenvalue weighted by molar-refractivity contribution is 6.31. The van der Waals surface area contributed by atoms with E-state index in [0.29, 0.717) is 22.9 Å². The third kappa shape index (κ3) is 3.49. The third-order valence-corrected chi connectivity index (χ3v) is 3.16. The van der Waals surface area contributed by atoms with Crippen LogP contribution in [0.2, 0.25) is 5.02 Å². The van der Waals surface area contributed by atoms with Crippen molar-refractivity contribution in [2.24, 2.45) is 0 Å². The number of halogens is 1. The molecule has 2 aromatic rings. The normalized spacial score (nSPS) is 10.2. The molecule has 0 spiro atoms. The summed E-state index contributed by atoms with van der Waals surface area (Å²) in [5, 5.41) is 13.6. The third-order valence-electron chi connectivity index (χ3n) is 2.79. The van der Waals surface area contributed by atoms with E-state index in [0.717, 1.165) is 18.7 Å². The summed E-state index contributed by atoms with van der Waals surface area (Å²) in [7, 11) is 0. The molecule has 0 saturated heterocycles. The number of nitrogens with zero attached hydrogens (tertiary/aromatic N) is 3. The fourth-order valence-electron chi connectivity index (χ4n) is 1.71. The van der Waals surface area contributed by atoms with Gasteiger partial charge in [0.2, 0.25) is 0 Å². The van der Waals surface area contributed by atoms with Crippen LogP contribution in [-0.4, -0.2) is 16.4 Å². The first-order valence-corrected chi connectivity index (χ1v) is 6.39. The summed E-state index contributed by atoms with van der Waals surface area (Å²) in [6.07, 6.45) is 2.48. The average molecular weight is 276 g/mol. The monoisotopic (exact) mass is 275 g/mol. The number of benzene rings is 1. The fourth-order valence-corrected chi connectivity index (χ4v) is 1.85. The zero-order valence-electron chi connectivity index (χ0n) is 10.6. The van der Waals surface area contributed by atoms with E-state index in [4.69, 9.17) is 21.6 Å². The van der Waals surface area contributed by atoms with Crippen molar-refractivity contribution in [3.8, 4) is 11.8 Å². The molecule has 2 rings (SSSR count). The van der Waals surface area contributed by atoms with E-state index in [2.05, 4.69) is 11.2 Å². The Morgan fingerprint density at radius 2 is 2.32 bits per heavy atom. The van der Waals surface area contributed by atoms with E-state index >= 15 is 0 Å². The molecule has 0 aliphatic heterocycles. The highest BCUT2D eigenvalue weighted by Crippen LogP contribution is 2.15. The van der Waals surface area contributed by atoms with Gasteiger partial charge >= 0.3 is 0 Å². The van der Waals surface area contributed by atoms with Crippen molar-refractivity contribution in [2.75, 3.05) is 6.61 Å². The lowest BCUT2D eigenvalue weighted by atomic mass is 10.2. The van der Waals surface area contributed by atoms with Crippen LogP contribution in [0.4, 0.5) is 0 Å². The molecule has 0 aliphatic rings. The van der Waals surface area contributed by atoms with Gasteiger partial charge in [0.1, 0.15) is 5.75 Å². The van der Waals surface area contributed by atoms with Gasteiger partial charge in [-0.3, -0.25) is 4.68 Å². The number of hydrogen-bond acceptors (Lipinski definition) is 3. The molecular weight excluding hydrogens is 262 g/mol. The number of rotatable bonds is 5. The van der Waals surface area contributed by atoms with Crippen molar-refractivity contribution >= 4 is 11.6 Å². The standard InChI is InChI=1S/C14H14ClN3O/c1-11-14(15)10-17-18(11)6-3-7-19-13-5-2-4-12(8-13)9-16/h2,4-5,8,10H,3,6-7H2,1H3. The van der Waals surface area contributed by atoms with Gasteiger partial charge in [-0.25, -0.2) is 0 Å². The minimum absolute atomic E-state index is 0.575. The summed E-state index contributed by atoms with van der Waals surface area (Å²) >= 11 is 5.93. The van der Waals surface area contributed by atoms with Gasteiger partial charge < -0.3 is 4.74 Å². The van der Waals surface area contributed by atoms with Crippen LogP contribution in [0.3, 0.4) is 0 Å². The first kappa shape index (κ1) is 13.4. The Morgan fingerprint density at radius 1 is 1.47 bits per heavy atom. The van der Waals surface area contributed by atoms with E-state index in [1.54, 1.807) is 18.3 Å². The van der Waals surface area contributed by atoms with E-state index in [1.165, 1.54) is 0 Å². The lowest BCUT2D eigenvalue weighted by molar-refractivity contribution is 0.298. The summed E-state index contributed by atoms with van der Waals surface area (Å²) in [4.78, 5) is 0. The van der Waals surface area contributed by atoms with Gasteiger partial charge in [0.05, 0.1) is 35.2 Å². The number of aromatic nitrogens is 2. The summed E-state index contributed by atoms with van der Waals surface area (Å²) in [5.74, 6) is 0.717. The molecule has 19 heavy (non-hydrogen) atoms. The van der Waals surface area contributed by atoms with Crippen LogP contribution in [0, 0.1) is 18.3 Å². The lowest BCUT2D eigenvalue weighted by Gasteiger charge is -2.07. The zero-order chi connectivity index (χ0) is 13.7. The highest BCUT2D eigenvalue weighted by Gasteiger charge is 2.03. The van der Waals surface area contributed by atoms with Crippen molar-refractivity contribution in [3.63, 3.8) is 0 Å². The van der Waals surface area contributed by atoms with Crippen LogP contribution < -0.4 is 4.74 Å². The largest absolute Gasteiger partial charge is 0.493 e. The van der Waals surface area contributed by atoms with Crippen molar-refractivity contribution < 1.29 is 4.74 Å². The smallest absolute Gasteiger partial charge is 0.120 e. The molecule has 0 N–H and O–H groups in total. The Morgan fingerprint density at radius 3 is 3.00 bits per heavy atom. The number of ether oxygens (including phenoxy) is 1. The molecule has 0 aliphatic carbocycles. The van der Waals surface area contributed by atoms with Gasteiger partial charge in [0, 0.05) is 13.0 Å². The van der Waals surface area contributed by atoms with E-state index in [-0.39, 0.29) is 0 Å². The number of nitriles is 1. The van der Waals surface area contributed by atoms with Gasteiger partial charge in [0.25, 0.3) is 0 Å². The predicted octanol–water partition coefficient (Wildman–Crippen LogP) is 3.19. The van der Waals surface area contributed by atoms with Gasteiger partial charge in [-0.15, -0.1) is 0 Å². The Kier molecular flexibility index (Phi) is 4.43. The second kappa shape index (κ2) is 6.26. The Balaban J connectivity index is 1.81. The molecule has 0 amide bonds. The minimum atomic E-state index is 0.575. The Bertz CT molecular complexity index is 601. The van der Waals surface area contributed by atoms with Crippen LogP contribution in [0.15, 0.2) is 30.5 Å². The molecule has 0 atom stereocenters. The average Bonchev–Trinajstić information content (AvgIpc) is 2.75. The van der Waals surface area contributed by atoms with Crippen LogP contribution in [0.1, 0.15) is 17.7 Å². The van der Waals surface area contributed by atoms with Crippen LogP contribution in [0.25, 0.3) is 0 Å². The molecule has 0 bridgehead atoms. The molecular formula is C14H14ClN3O. The molecule has 1 aromatic heterocycles. The molecule has 0 unspecified atom stereocenters.